The minimum atomic E-state index is -5.65. The number of phosphoric acid groups is 4. The largest absolute Gasteiger partial charge is 0.483 e. The standard InChI is InChI=1S/C2H7Cl3O14P4/c3-1(16-22(12,13)18-20(6,7)8)2(4,5)17-23(14,15)19-21(9,10)11/h1H,(H,12,13)(H,14,15)(H2,6,7,8)(H2,9,10,11). The highest BCUT2D eigenvalue weighted by atomic mass is 35.5. The van der Waals surface area contributed by atoms with Gasteiger partial charge in [-0.15, -0.1) is 0 Å². The van der Waals surface area contributed by atoms with Crippen LogP contribution in [-0.4, -0.2) is 39.4 Å². The van der Waals surface area contributed by atoms with Gasteiger partial charge >= 0.3 is 31.3 Å². The van der Waals surface area contributed by atoms with E-state index in [1.165, 1.54) is 0 Å². The minimum Gasteiger partial charge on any atom is -0.302 e. The van der Waals surface area contributed by atoms with Crippen LogP contribution in [0.1, 0.15) is 0 Å². The van der Waals surface area contributed by atoms with E-state index in [4.69, 9.17) is 64.2 Å². The first-order valence-electron chi connectivity index (χ1n) is 4.35. The van der Waals surface area contributed by atoms with Crippen molar-refractivity contribution in [2.75, 3.05) is 0 Å². The SMILES string of the molecule is O=P(O)(O)OP(=O)(O)OC(Cl)C(Cl)(Cl)OP(=O)(O)OP(=O)(O)O. The van der Waals surface area contributed by atoms with Crippen molar-refractivity contribution in [3.63, 3.8) is 0 Å². The molecule has 23 heavy (non-hydrogen) atoms. The zero-order chi connectivity index (χ0) is 18.9. The van der Waals surface area contributed by atoms with Crippen molar-refractivity contribution in [1.29, 1.82) is 0 Å². The van der Waals surface area contributed by atoms with Gasteiger partial charge in [-0.2, -0.15) is 8.62 Å². The molecule has 3 atom stereocenters. The Morgan fingerprint density at radius 1 is 0.783 bits per heavy atom. The Morgan fingerprint density at radius 3 is 1.48 bits per heavy atom. The molecular formula is C2H7Cl3O14P4. The maximum atomic E-state index is 11.2. The van der Waals surface area contributed by atoms with Crippen molar-refractivity contribution >= 4 is 66.1 Å². The molecule has 0 aliphatic rings. The van der Waals surface area contributed by atoms with Crippen molar-refractivity contribution in [1.82, 2.24) is 0 Å². The van der Waals surface area contributed by atoms with Gasteiger partial charge in [0.1, 0.15) is 0 Å². The first kappa shape index (κ1) is 24.4. The summed E-state index contributed by atoms with van der Waals surface area (Å²) in [7, 11) is -22.3. The third-order valence-electron chi connectivity index (χ3n) is 1.15. The third-order valence-corrected chi connectivity index (χ3v) is 7.00. The van der Waals surface area contributed by atoms with Crippen LogP contribution in [0, 0.1) is 0 Å². The van der Waals surface area contributed by atoms with Crippen molar-refractivity contribution in [3.8, 4) is 0 Å². The average molecular weight is 485 g/mol. The summed E-state index contributed by atoms with van der Waals surface area (Å²) >= 11 is 15.6. The number of phosphoric ester groups is 2. The van der Waals surface area contributed by atoms with E-state index < -0.39 is 41.4 Å². The number of rotatable bonds is 9. The monoisotopic (exact) mass is 484 g/mol. The number of hydrogen-bond donors (Lipinski definition) is 6. The molecule has 0 aliphatic heterocycles. The van der Waals surface area contributed by atoms with Crippen molar-refractivity contribution in [2.24, 2.45) is 0 Å². The van der Waals surface area contributed by atoms with E-state index in [1.54, 1.807) is 0 Å². The molecule has 0 heterocycles. The fraction of sp³-hybridized carbons (Fsp3) is 1.00. The Labute approximate surface area is 141 Å². The van der Waals surface area contributed by atoms with Gasteiger partial charge in [-0.05, 0) is 0 Å². The molecule has 14 nitrogen and oxygen atoms in total. The van der Waals surface area contributed by atoms with Crippen LogP contribution in [0.25, 0.3) is 0 Å². The average Bonchev–Trinajstić information content (AvgIpc) is 2.04. The van der Waals surface area contributed by atoms with Crippen LogP contribution < -0.4 is 0 Å². The van der Waals surface area contributed by atoms with E-state index in [1.807, 2.05) is 0 Å². The van der Waals surface area contributed by atoms with Gasteiger partial charge < -0.3 is 29.4 Å². The third kappa shape index (κ3) is 11.6. The van der Waals surface area contributed by atoms with E-state index in [0.717, 1.165) is 0 Å². The van der Waals surface area contributed by atoms with Crippen LogP contribution in [0.2, 0.25) is 0 Å². The van der Waals surface area contributed by atoms with Gasteiger partial charge in [0, 0.05) is 0 Å². The Hall–Kier alpha value is 1.39. The van der Waals surface area contributed by atoms with Crippen LogP contribution in [-0.2, 0) is 35.9 Å². The lowest BCUT2D eigenvalue weighted by Gasteiger charge is -2.27. The van der Waals surface area contributed by atoms with Crippen LogP contribution in [0.4, 0.5) is 0 Å². The molecule has 3 unspecified atom stereocenters. The summed E-state index contributed by atoms with van der Waals surface area (Å²) in [6.45, 7) is 0. The molecule has 0 spiro atoms. The zero-order valence-corrected chi connectivity index (χ0v) is 15.8. The fourth-order valence-corrected chi connectivity index (χ4v) is 5.05. The maximum absolute atomic E-state index is 11.2. The zero-order valence-electron chi connectivity index (χ0n) is 9.95. The van der Waals surface area contributed by atoms with E-state index in [-0.39, 0.29) is 0 Å². The first-order chi connectivity index (χ1) is 9.75. The van der Waals surface area contributed by atoms with Crippen molar-refractivity contribution in [2.45, 2.75) is 10.1 Å². The van der Waals surface area contributed by atoms with Gasteiger partial charge in [0.2, 0.25) is 5.56 Å². The van der Waals surface area contributed by atoms with Crippen LogP contribution >= 0.6 is 66.1 Å². The lowest BCUT2D eigenvalue weighted by atomic mass is 10.8. The predicted molar refractivity (Wildman–Crippen MR) is 72.2 cm³/mol. The summed E-state index contributed by atoms with van der Waals surface area (Å²) in [6, 6.07) is 0. The Kier molecular flexibility index (Phi) is 8.44. The topological polar surface area (TPSA) is 227 Å². The lowest BCUT2D eigenvalue weighted by Crippen LogP contribution is -2.31. The van der Waals surface area contributed by atoms with Crippen LogP contribution in [0.15, 0.2) is 0 Å². The summed E-state index contributed by atoms with van der Waals surface area (Å²) in [5.41, 5.74) is -2.62. The molecule has 21 heteroatoms. The van der Waals surface area contributed by atoms with Crippen molar-refractivity contribution < 1.29 is 65.3 Å². The maximum Gasteiger partial charge on any atom is 0.483 e. The second-order valence-electron chi connectivity index (χ2n) is 3.16. The van der Waals surface area contributed by atoms with E-state index in [2.05, 4.69) is 17.7 Å². The molecule has 6 N–H and O–H groups in total. The van der Waals surface area contributed by atoms with Crippen LogP contribution in [0.3, 0.4) is 0 Å². The van der Waals surface area contributed by atoms with Gasteiger partial charge in [-0.1, -0.05) is 34.8 Å². The molecule has 0 fully saturated rings. The van der Waals surface area contributed by atoms with E-state index >= 15 is 0 Å². The molecule has 0 saturated heterocycles. The Balaban J connectivity index is 5.08. The first-order valence-corrected chi connectivity index (χ1v) is 11.6. The van der Waals surface area contributed by atoms with Gasteiger partial charge in [0.05, 0.1) is 0 Å². The van der Waals surface area contributed by atoms with Crippen LogP contribution in [0.5, 0.6) is 0 Å². The predicted octanol–water partition coefficient (Wildman–Crippen LogP) is 1.14. The summed E-state index contributed by atoms with van der Waals surface area (Å²) in [4.78, 5) is 51.2. The number of alkyl halides is 3. The Bertz CT molecular complexity index is 603. The van der Waals surface area contributed by atoms with Gasteiger partial charge in [0.25, 0.3) is 4.52 Å². The number of hydrogen-bond acceptors (Lipinski definition) is 8. The summed E-state index contributed by atoms with van der Waals surface area (Å²) in [5, 5.41) is 0. The highest BCUT2D eigenvalue weighted by Gasteiger charge is 2.49. The smallest absolute Gasteiger partial charge is 0.302 e. The molecule has 0 bridgehead atoms. The summed E-state index contributed by atoms with van der Waals surface area (Å²) in [5.74, 6) is 0. The molecule has 0 saturated carbocycles. The highest BCUT2D eigenvalue weighted by molar-refractivity contribution is 7.61. The molecule has 140 valence electrons. The summed E-state index contributed by atoms with van der Waals surface area (Å²) < 4.78 is 54.2. The molecule has 0 amide bonds. The van der Waals surface area contributed by atoms with Crippen molar-refractivity contribution in [3.05, 3.63) is 0 Å². The second-order valence-corrected chi connectivity index (χ2v) is 10.4. The fourth-order valence-electron chi connectivity index (χ4n) is 0.678. The molecule has 0 radical (unpaired) electrons. The molecule has 0 aromatic heterocycles. The van der Waals surface area contributed by atoms with Gasteiger partial charge in [-0.25, -0.2) is 22.8 Å². The molecule has 0 aromatic rings. The lowest BCUT2D eigenvalue weighted by molar-refractivity contribution is 0.0701. The Morgan fingerprint density at radius 2 is 1.13 bits per heavy atom. The summed E-state index contributed by atoms with van der Waals surface area (Å²) in [6.07, 6.45) is 0. The van der Waals surface area contributed by atoms with E-state index in [9.17, 15) is 18.3 Å². The normalized spacial score (nSPS) is 20.6. The van der Waals surface area contributed by atoms with E-state index in [0.29, 0.717) is 0 Å². The second kappa shape index (κ2) is 7.96. The molecule has 0 aliphatic carbocycles. The molecule has 0 aromatic carbocycles. The quantitative estimate of drug-likeness (QED) is 0.199. The van der Waals surface area contributed by atoms with Gasteiger partial charge in [0.15, 0.2) is 0 Å². The van der Waals surface area contributed by atoms with Gasteiger partial charge in [-0.3, -0.25) is 4.52 Å². The highest BCUT2D eigenvalue weighted by Crippen LogP contribution is 2.63. The minimum absolute atomic E-state index is 2.62. The molecule has 0 rings (SSSR count). The molecular weight excluding hydrogens is 478 g/mol. The number of halogens is 3.